The number of hydrogen-bond acceptors (Lipinski definition) is 4. The van der Waals surface area contributed by atoms with Crippen LogP contribution in [0.15, 0.2) is 42.5 Å². The highest BCUT2D eigenvalue weighted by atomic mass is 35.5. The lowest BCUT2D eigenvalue weighted by molar-refractivity contribution is 0.284. The lowest BCUT2D eigenvalue weighted by atomic mass is 10.2. The summed E-state index contributed by atoms with van der Waals surface area (Å²) in [6.45, 7) is 1.67. The van der Waals surface area contributed by atoms with Gasteiger partial charge >= 0.3 is 0 Å². The van der Waals surface area contributed by atoms with E-state index in [0.29, 0.717) is 36.2 Å². The Morgan fingerprint density at radius 2 is 1.87 bits per heavy atom. The largest absolute Gasteiger partial charge is 0.493 e. The molecule has 0 heterocycles. The Morgan fingerprint density at radius 3 is 2.52 bits per heavy atom. The molecule has 4 nitrogen and oxygen atoms in total. The summed E-state index contributed by atoms with van der Waals surface area (Å²) < 4.78 is 11.2. The van der Waals surface area contributed by atoms with Crippen LogP contribution >= 0.6 is 24.0 Å². The van der Waals surface area contributed by atoms with Gasteiger partial charge in [0, 0.05) is 13.1 Å². The standard InChI is InChI=1S/C17H20ClNO3.ClH/c1-21-16-10-14(11-19-7-8-20)9-15(18)17(16)22-12-13-5-3-2-4-6-13;/h2-6,9-10,19-20H,7-8,11-12H2,1H3;1H. The number of methoxy groups -OCH3 is 1. The minimum atomic E-state index is 0. The van der Waals surface area contributed by atoms with Crippen LogP contribution in [-0.2, 0) is 13.2 Å². The second-order valence-corrected chi connectivity index (χ2v) is 5.19. The second kappa shape index (κ2) is 10.3. The molecular formula is C17H21Cl2NO3. The van der Waals surface area contributed by atoms with E-state index in [1.54, 1.807) is 7.11 Å². The summed E-state index contributed by atoms with van der Waals surface area (Å²) in [6.07, 6.45) is 0. The SMILES string of the molecule is COc1cc(CNCCO)cc(Cl)c1OCc1ccccc1.Cl. The average molecular weight is 358 g/mol. The molecule has 0 radical (unpaired) electrons. The van der Waals surface area contributed by atoms with Crippen LogP contribution in [0.4, 0.5) is 0 Å². The maximum absolute atomic E-state index is 8.79. The summed E-state index contributed by atoms with van der Waals surface area (Å²) >= 11 is 6.31. The summed E-state index contributed by atoms with van der Waals surface area (Å²) in [6, 6.07) is 13.6. The van der Waals surface area contributed by atoms with E-state index < -0.39 is 0 Å². The maximum Gasteiger partial charge on any atom is 0.180 e. The molecule has 2 rings (SSSR count). The van der Waals surface area contributed by atoms with Gasteiger partial charge in [-0.05, 0) is 23.3 Å². The van der Waals surface area contributed by atoms with E-state index in [2.05, 4.69) is 5.32 Å². The fourth-order valence-electron chi connectivity index (χ4n) is 2.06. The van der Waals surface area contributed by atoms with Gasteiger partial charge < -0.3 is 19.9 Å². The Balaban J connectivity index is 0.00000264. The highest BCUT2D eigenvalue weighted by Gasteiger charge is 2.12. The van der Waals surface area contributed by atoms with E-state index in [1.165, 1.54) is 0 Å². The summed E-state index contributed by atoms with van der Waals surface area (Å²) in [5.74, 6) is 1.14. The number of nitrogens with one attached hydrogen (secondary N) is 1. The highest BCUT2D eigenvalue weighted by Crippen LogP contribution is 2.36. The van der Waals surface area contributed by atoms with Crippen molar-refractivity contribution in [3.63, 3.8) is 0 Å². The zero-order chi connectivity index (χ0) is 15.8. The van der Waals surface area contributed by atoms with Gasteiger partial charge in [0.25, 0.3) is 0 Å². The lowest BCUT2D eigenvalue weighted by Gasteiger charge is -2.14. The van der Waals surface area contributed by atoms with Crippen molar-refractivity contribution in [3.8, 4) is 11.5 Å². The van der Waals surface area contributed by atoms with Gasteiger partial charge in [0.15, 0.2) is 11.5 Å². The van der Waals surface area contributed by atoms with Gasteiger partial charge in [0.05, 0.1) is 18.7 Å². The Kier molecular flexibility index (Phi) is 8.81. The van der Waals surface area contributed by atoms with Gasteiger partial charge in [-0.3, -0.25) is 0 Å². The third-order valence-corrected chi connectivity index (χ3v) is 3.41. The van der Waals surface area contributed by atoms with Crippen molar-refractivity contribution in [2.75, 3.05) is 20.3 Å². The minimum Gasteiger partial charge on any atom is -0.493 e. The molecule has 0 aliphatic carbocycles. The Morgan fingerprint density at radius 1 is 1.13 bits per heavy atom. The summed E-state index contributed by atoms with van der Waals surface area (Å²) in [7, 11) is 1.59. The fourth-order valence-corrected chi connectivity index (χ4v) is 2.34. The van der Waals surface area contributed by atoms with Gasteiger partial charge in [-0.15, -0.1) is 12.4 Å². The van der Waals surface area contributed by atoms with Gasteiger partial charge in [-0.1, -0.05) is 41.9 Å². The van der Waals surface area contributed by atoms with E-state index in [0.717, 1.165) is 11.1 Å². The molecule has 0 fully saturated rings. The van der Waals surface area contributed by atoms with Crippen LogP contribution in [0.3, 0.4) is 0 Å². The highest BCUT2D eigenvalue weighted by molar-refractivity contribution is 6.32. The molecule has 0 bridgehead atoms. The van der Waals surface area contributed by atoms with Crippen molar-refractivity contribution in [1.82, 2.24) is 5.32 Å². The second-order valence-electron chi connectivity index (χ2n) is 4.78. The molecule has 0 atom stereocenters. The first kappa shape index (κ1) is 19.6. The van der Waals surface area contributed by atoms with Crippen LogP contribution in [0.2, 0.25) is 5.02 Å². The van der Waals surface area contributed by atoms with E-state index in [1.807, 2.05) is 42.5 Å². The number of aliphatic hydroxyl groups excluding tert-OH is 1. The zero-order valence-electron chi connectivity index (χ0n) is 12.9. The fraction of sp³-hybridized carbons (Fsp3) is 0.294. The first-order valence-electron chi connectivity index (χ1n) is 7.09. The van der Waals surface area contributed by atoms with Crippen molar-refractivity contribution < 1.29 is 14.6 Å². The van der Waals surface area contributed by atoms with Crippen molar-refractivity contribution in [2.24, 2.45) is 0 Å². The third-order valence-electron chi connectivity index (χ3n) is 3.13. The summed E-state index contributed by atoms with van der Waals surface area (Å²) in [5, 5.41) is 12.4. The minimum absolute atomic E-state index is 0. The molecule has 0 saturated carbocycles. The van der Waals surface area contributed by atoms with Crippen molar-refractivity contribution >= 4 is 24.0 Å². The molecule has 2 aromatic carbocycles. The zero-order valence-corrected chi connectivity index (χ0v) is 14.5. The van der Waals surface area contributed by atoms with Crippen molar-refractivity contribution in [1.29, 1.82) is 0 Å². The topological polar surface area (TPSA) is 50.7 Å². The van der Waals surface area contributed by atoms with Gasteiger partial charge in [-0.25, -0.2) is 0 Å². The van der Waals surface area contributed by atoms with Gasteiger partial charge in [0.2, 0.25) is 0 Å². The molecule has 2 aromatic rings. The molecular weight excluding hydrogens is 337 g/mol. The molecule has 126 valence electrons. The van der Waals surface area contributed by atoms with Gasteiger partial charge in [0.1, 0.15) is 6.61 Å². The van der Waals surface area contributed by atoms with Gasteiger partial charge in [-0.2, -0.15) is 0 Å². The number of ether oxygens (including phenoxy) is 2. The van der Waals surface area contributed by atoms with E-state index in [-0.39, 0.29) is 19.0 Å². The number of aliphatic hydroxyl groups is 1. The quantitative estimate of drug-likeness (QED) is 0.710. The van der Waals surface area contributed by atoms with Crippen LogP contribution < -0.4 is 14.8 Å². The monoisotopic (exact) mass is 357 g/mol. The van der Waals surface area contributed by atoms with Crippen molar-refractivity contribution in [3.05, 3.63) is 58.6 Å². The molecule has 0 aliphatic rings. The molecule has 6 heteroatoms. The predicted octanol–water partition coefficient (Wildman–Crippen LogP) is 3.43. The Bertz CT molecular complexity index is 594. The molecule has 0 aromatic heterocycles. The molecule has 2 N–H and O–H groups in total. The molecule has 0 spiro atoms. The van der Waals surface area contributed by atoms with E-state index in [9.17, 15) is 0 Å². The van der Waals surface area contributed by atoms with E-state index >= 15 is 0 Å². The van der Waals surface area contributed by atoms with Crippen LogP contribution in [0.5, 0.6) is 11.5 Å². The van der Waals surface area contributed by atoms with Crippen LogP contribution in [0.1, 0.15) is 11.1 Å². The normalized spacial score (nSPS) is 10.0. The first-order valence-corrected chi connectivity index (χ1v) is 7.47. The number of rotatable bonds is 8. The smallest absolute Gasteiger partial charge is 0.180 e. The Hall–Kier alpha value is -1.46. The number of hydrogen-bond donors (Lipinski definition) is 2. The summed E-state index contributed by atoms with van der Waals surface area (Å²) in [4.78, 5) is 0. The average Bonchev–Trinajstić information content (AvgIpc) is 2.54. The van der Waals surface area contributed by atoms with Crippen LogP contribution in [-0.4, -0.2) is 25.4 Å². The van der Waals surface area contributed by atoms with Crippen LogP contribution in [0, 0.1) is 0 Å². The first-order chi connectivity index (χ1) is 10.7. The number of benzene rings is 2. The Labute approximate surface area is 147 Å². The molecule has 0 aliphatic heterocycles. The van der Waals surface area contributed by atoms with Crippen LogP contribution in [0.25, 0.3) is 0 Å². The molecule has 0 unspecified atom stereocenters. The molecule has 23 heavy (non-hydrogen) atoms. The molecule has 0 amide bonds. The molecule has 0 saturated heterocycles. The number of halogens is 2. The third kappa shape index (κ3) is 5.92. The summed E-state index contributed by atoms with van der Waals surface area (Å²) in [5.41, 5.74) is 2.04. The van der Waals surface area contributed by atoms with E-state index in [4.69, 9.17) is 26.2 Å². The maximum atomic E-state index is 8.79. The van der Waals surface area contributed by atoms with Crippen molar-refractivity contribution in [2.45, 2.75) is 13.2 Å². The lowest BCUT2D eigenvalue weighted by Crippen LogP contribution is -2.17. The predicted molar refractivity (Wildman–Crippen MR) is 94.8 cm³/mol.